The van der Waals surface area contributed by atoms with E-state index in [-0.39, 0.29) is 18.0 Å². The van der Waals surface area contributed by atoms with Crippen molar-refractivity contribution >= 4 is 17.7 Å². The van der Waals surface area contributed by atoms with Crippen LogP contribution in [0.25, 0.3) is 0 Å². The average Bonchev–Trinajstić information content (AvgIpc) is 2.26. The molecule has 3 nitrogen and oxygen atoms in total. The van der Waals surface area contributed by atoms with Crippen molar-refractivity contribution in [3.8, 4) is 0 Å². The van der Waals surface area contributed by atoms with Crippen LogP contribution in [0.15, 0.2) is 0 Å². The predicted molar refractivity (Wildman–Crippen MR) is 70.8 cm³/mol. The van der Waals surface area contributed by atoms with Crippen LogP contribution in [0.2, 0.25) is 0 Å². The molecule has 1 saturated heterocycles. The van der Waals surface area contributed by atoms with Gasteiger partial charge in [-0.15, -0.1) is 0 Å². The summed E-state index contributed by atoms with van der Waals surface area (Å²) in [6.07, 6.45) is 3.98. The minimum absolute atomic E-state index is 0.0788. The van der Waals surface area contributed by atoms with E-state index in [0.717, 1.165) is 6.54 Å². The number of thioether (sulfide) groups is 1. The van der Waals surface area contributed by atoms with Crippen LogP contribution in [0.4, 0.5) is 0 Å². The van der Waals surface area contributed by atoms with E-state index in [1.165, 1.54) is 25.0 Å². The fourth-order valence-corrected chi connectivity index (χ4v) is 3.03. The monoisotopic (exact) mass is 244 g/mol. The Morgan fingerprint density at radius 3 is 2.69 bits per heavy atom. The van der Waals surface area contributed by atoms with E-state index >= 15 is 0 Å². The van der Waals surface area contributed by atoms with Crippen LogP contribution >= 0.6 is 11.8 Å². The number of hydrogen-bond donors (Lipinski definition) is 2. The van der Waals surface area contributed by atoms with Crippen molar-refractivity contribution in [3.05, 3.63) is 0 Å². The van der Waals surface area contributed by atoms with Gasteiger partial charge < -0.3 is 10.6 Å². The van der Waals surface area contributed by atoms with Crippen LogP contribution in [-0.4, -0.2) is 35.5 Å². The van der Waals surface area contributed by atoms with Crippen molar-refractivity contribution in [2.75, 3.05) is 12.3 Å². The van der Waals surface area contributed by atoms with Gasteiger partial charge in [0, 0.05) is 17.8 Å². The molecular formula is C12H24N2OS. The van der Waals surface area contributed by atoms with Gasteiger partial charge in [-0.05, 0) is 39.4 Å². The molecule has 0 bridgehead atoms. The summed E-state index contributed by atoms with van der Waals surface area (Å²) in [4.78, 5) is 11.6. The molecule has 1 rings (SSSR count). The summed E-state index contributed by atoms with van der Waals surface area (Å²) in [5.74, 6) is 1.38. The fourth-order valence-electron chi connectivity index (χ4n) is 1.78. The molecule has 16 heavy (non-hydrogen) atoms. The molecule has 1 fully saturated rings. The molecule has 1 aliphatic heterocycles. The summed E-state index contributed by atoms with van der Waals surface area (Å²) in [6, 6.07) is 0.144. The van der Waals surface area contributed by atoms with Gasteiger partial charge in [-0.25, -0.2) is 0 Å². The van der Waals surface area contributed by atoms with Gasteiger partial charge in [-0.3, -0.25) is 4.79 Å². The molecular weight excluding hydrogens is 220 g/mol. The standard InChI is InChI=1S/C12H24N2OS/c1-9(2)14-12(15)10(3)13-8-11-6-4-5-7-16-11/h9-11,13H,4-8H2,1-3H3,(H,14,15). The van der Waals surface area contributed by atoms with E-state index in [0.29, 0.717) is 5.25 Å². The summed E-state index contributed by atoms with van der Waals surface area (Å²) in [7, 11) is 0. The lowest BCUT2D eigenvalue weighted by Gasteiger charge is -2.23. The molecule has 0 aliphatic carbocycles. The SMILES string of the molecule is CC(C)NC(=O)C(C)NCC1CCCCS1. The molecule has 0 aromatic carbocycles. The minimum Gasteiger partial charge on any atom is -0.353 e. The lowest BCUT2D eigenvalue weighted by atomic mass is 10.2. The second-order valence-electron chi connectivity index (χ2n) is 4.78. The maximum atomic E-state index is 11.6. The van der Waals surface area contributed by atoms with E-state index < -0.39 is 0 Å². The largest absolute Gasteiger partial charge is 0.353 e. The highest BCUT2D eigenvalue weighted by atomic mass is 32.2. The van der Waals surface area contributed by atoms with Gasteiger partial charge in [0.1, 0.15) is 0 Å². The van der Waals surface area contributed by atoms with Crippen molar-refractivity contribution in [2.45, 2.75) is 57.4 Å². The van der Waals surface area contributed by atoms with E-state index in [4.69, 9.17) is 0 Å². The average molecular weight is 244 g/mol. The highest BCUT2D eigenvalue weighted by Crippen LogP contribution is 2.24. The zero-order chi connectivity index (χ0) is 12.0. The maximum Gasteiger partial charge on any atom is 0.237 e. The second-order valence-corrected chi connectivity index (χ2v) is 6.19. The van der Waals surface area contributed by atoms with Crippen molar-refractivity contribution in [1.82, 2.24) is 10.6 Å². The summed E-state index contributed by atoms with van der Waals surface area (Å²) in [5.41, 5.74) is 0. The third kappa shape index (κ3) is 5.21. The number of amides is 1. The number of carbonyl (C=O) groups excluding carboxylic acids is 1. The molecule has 0 spiro atoms. The van der Waals surface area contributed by atoms with E-state index in [9.17, 15) is 4.79 Å². The Kier molecular flexibility index (Phi) is 6.21. The second kappa shape index (κ2) is 7.17. The highest BCUT2D eigenvalue weighted by molar-refractivity contribution is 7.99. The molecule has 94 valence electrons. The van der Waals surface area contributed by atoms with E-state index in [2.05, 4.69) is 10.6 Å². The molecule has 2 unspecified atom stereocenters. The third-order valence-electron chi connectivity index (χ3n) is 2.75. The van der Waals surface area contributed by atoms with Crippen molar-refractivity contribution in [3.63, 3.8) is 0 Å². The smallest absolute Gasteiger partial charge is 0.237 e. The fraction of sp³-hybridized carbons (Fsp3) is 0.917. The first-order valence-electron chi connectivity index (χ1n) is 6.25. The summed E-state index contributed by atoms with van der Waals surface area (Å²) >= 11 is 2.04. The maximum absolute atomic E-state index is 11.6. The highest BCUT2D eigenvalue weighted by Gasteiger charge is 2.17. The zero-order valence-corrected chi connectivity index (χ0v) is 11.4. The quantitative estimate of drug-likeness (QED) is 0.774. The predicted octanol–water partition coefficient (Wildman–Crippen LogP) is 1.77. The number of nitrogens with one attached hydrogen (secondary N) is 2. The van der Waals surface area contributed by atoms with Crippen LogP contribution in [0, 0.1) is 0 Å². The number of carbonyl (C=O) groups is 1. The Labute approximate surface area is 103 Å². The molecule has 0 aromatic heterocycles. The van der Waals surface area contributed by atoms with Crippen LogP contribution < -0.4 is 10.6 Å². The van der Waals surface area contributed by atoms with Crippen LogP contribution in [0.5, 0.6) is 0 Å². The van der Waals surface area contributed by atoms with Gasteiger partial charge in [-0.1, -0.05) is 6.42 Å². The zero-order valence-electron chi connectivity index (χ0n) is 10.6. The Morgan fingerprint density at radius 2 is 2.12 bits per heavy atom. The molecule has 1 aliphatic rings. The summed E-state index contributed by atoms with van der Waals surface area (Å²) in [5, 5.41) is 6.94. The molecule has 0 saturated carbocycles. The van der Waals surface area contributed by atoms with Gasteiger partial charge >= 0.3 is 0 Å². The van der Waals surface area contributed by atoms with Crippen LogP contribution in [-0.2, 0) is 4.79 Å². The minimum atomic E-state index is -0.0788. The van der Waals surface area contributed by atoms with Crippen LogP contribution in [0.3, 0.4) is 0 Å². The Bertz CT molecular complexity index is 215. The first kappa shape index (κ1) is 13.8. The van der Waals surface area contributed by atoms with Gasteiger partial charge in [0.05, 0.1) is 6.04 Å². The first-order valence-corrected chi connectivity index (χ1v) is 7.30. The molecule has 0 aromatic rings. The molecule has 2 N–H and O–H groups in total. The first-order chi connectivity index (χ1) is 7.59. The van der Waals surface area contributed by atoms with Crippen molar-refractivity contribution in [2.24, 2.45) is 0 Å². The van der Waals surface area contributed by atoms with Crippen LogP contribution in [0.1, 0.15) is 40.0 Å². The van der Waals surface area contributed by atoms with E-state index in [1.807, 2.05) is 32.5 Å². The Morgan fingerprint density at radius 1 is 1.38 bits per heavy atom. The topological polar surface area (TPSA) is 41.1 Å². The lowest BCUT2D eigenvalue weighted by molar-refractivity contribution is -0.123. The van der Waals surface area contributed by atoms with Crippen molar-refractivity contribution < 1.29 is 4.79 Å². The molecule has 0 radical (unpaired) electrons. The van der Waals surface area contributed by atoms with E-state index in [1.54, 1.807) is 0 Å². The molecule has 1 heterocycles. The number of rotatable bonds is 5. The third-order valence-corrected chi connectivity index (χ3v) is 4.15. The van der Waals surface area contributed by atoms with Gasteiger partial charge in [0.15, 0.2) is 0 Å². The normalized spacial score (nSPS) is 23.1. The molecule has 1 amide bonds. The number of hydrogen-bond acceptors (Lipinski definition) is 3. The summed E-state index contributed by atoms with van der Waals surface area (Å²) < 4.78 is 0. The Balaban J connectivity index is 2.17. The van der Waals surface area contributed by atoms with Crippen molar-refractivity contribution in [1.29, 1.82) is 0 Å². The lowest BCUT2D eigenvalue weighted by Crippen LogP contribution is -2.46. The van der Waals surface area contributed by atoms with Gasteiger partial charge in [0.2, 0.25) is 5.91 Å². The molecule has 2 atom stereocenters. The molecule has 4 heteroatoms. The Hall–Kier alpha value is -0.220. The summed E-state index contributed by atoms with van der Waals surface area (Å²) in [6.45, 7) is 6.87. The van der Waals surface area contributed by atoms with Gasteiger partial charge in [-0.2, -0.15) is 11.8 Å². The van der Waals surface area contributed by atoms with Gasteiger partial charge in [0.25, 0.3) is 0 Å².